The Bertz CT molecular complexity index is 732. The van der Waals surface area contributed by atoms with Gasteiger partial charge in [0.1, 0.15) is 5.15 Å². The molecule has 0 bridgehead atoms. The van der Waals surface area contributed by atoms with Crippen LogP contribution in [0.15, 0.2) is 36.7 Å². The molecule has 2 heterocycles. The van der Waals surface area contributed by atoms with Gasteiger partial charge in [0.25, 0.3) is 0 Å². The van der Waals surface area contributed by atoms with Gasteiger partial charge in [0, 0.05) is 24.0 Å². The van der Waals surface area contributed by atoms with Gasteiger partial charge in [0.15, 0.2) is 0 Å². The minimum absolute atomic E-state index is 0.285. The minimum Gasteiger partial charge on any atom is -0.465 e. The summed E-state index contributed by atoms with van der Waals surface area (Å²) >= 11 is 5.53. The Labute approximate surface area is 144 Å². The van der Waals surface area contributed by atoms with Crippen LogP contribution >= 0.6 is 11.6 Å². The second-order valence-electron chi connectivity index (χ2n) is 5.09. The first-order valence-corrected chi connectivity index (χ1v) is 7.67. The molecule has 2 aromatic rings. The summed E-state index contributed by atoms with van der Waals surface area (Å²) in [5.41, 5.74) is 2.02. The Kier molecular flexibility index (Phi) is 6.26. The van der Waals surface area contributed by atoms with Crippen molar-refractivity contribution in [2.75, 3.05) is 14.2 Å². The molecule has 6 nitrogen and oxygen atoms in total. The Morgan fingerprint density at radius 1 is 1.00 bits per heavy atom. The fourth-order valence-corrected chi connectivity index (χ4v) is 2.12. The van der Waals surface area contributed by atoms with Crippen LogP contribution < -0.4 is 0 Å². The molecule has 0 N–H and O–H groups in total. The molecule has 24 heavy (non-hydrogen) atoms. The summed E-state index contributed by atoms with van der Waals surface area (Å²) in [6.07, 6.45) is 5.50. The van der Waals surface area contributed by atoms with Gasteiger partial charge in [-0.1, -0.05) is 11.6 Å². The van der Waals surface area contributed by atoms with Gasteiger partial charge < -0.3 is 9.47 Å². The second-order valence-corrected chi connectivity index (χ2v) is 5.48. The summed E-state index contributed by atoms with van der Waals surface area (Å²) in [6, 6.07) is 6.49. The summed E-state index contributed by atoms with van der Waals surface area (Å²) < 4.78 is 9.09. The fourth-order valence-electron chi connectivity index (χ4n) is 1.94. The average molecular weight is 349 g/mol. The van der Waals surface area contributed by atoms with Crippen LogP contribution in [-0.2, 0) is 9.47 Å². The maximum atomic E-state index is 11.2. The highest BCUT2D eigenvalue weighted by Gasteiger charge is 2.25. The first-order valence-electron chi connectivity index (χ1n) is 7.29. The number of nitrogens with zero attached hydrogens (tertiary/aromatic N) is 2. The van der Waals surface area contributed by atoms with Crippen molar-refractivity contribution in [3.8, 4) is 0 Å². The van der Waals surface area contributed by atoms with Crippen molar-refractivity contribution in [2.45, 2.75) is 18.8 Å². The molecular formula is C17H17ClN2O4. The van der Waals surface area contributed by atoms with Gasteiger partial charge in [-0.2, -0.15) is 0 Å². The van der Waals surface area contributed by atoms with Crippen molar-refractivity contribution in [3.63, 3.8) is 0 Å². The molecule has 3 rings (SSSR count). The highest BCUT2D eigenvalue weighted by Crippen LogP contribution is 2.38. The van der Waals surface area contributed by atoms with Crippen molar-refractivity contribution in [1.29, 1.82) is 0 Å². The molecular weight excluding hydrogens is 332 g/mol. The van der Waals surface area contributed by atoms with Gasteiger partial charge in [0.05, 0.1) is 25.3 Å². The van der Waals surface area contributed by atoms with E-state index >= 15 is 0 Å². The van der Waals surface area contributed by atoms with Crippen LogP contribution in [0.4, 0.5) is 0 Å². The zero-order valence-electron chi connectivity index (χ0n) is 13.4. The summed E-state index contributed by atoms with van der Waals surface area (Å²) in [5, 5.41) is 0.285. The summed E-state index contributed by atoms with van der Waals surface area (Å²) in [6.45, 7) is 0. The van der Waals surface area contributed by atoms with Gasteiger partial charge in [-0.3, -0.25) is 4.98 Å². The Balaban J connectivity index is 0.000000177. The lowest BCUT2D eigenvalue weighted by Crippen LogP contribution is -2.02. The number of halogens is 1. The van der Waals surface area contributed by atoms with Crippen LogP contribution in [0.1, 0.15) is 45.2 Å². The number of ether oxygens (including phenoxy) is 2. The third-order valence-electron chi connectivity index (χ3n) is 3.35. The predicted molar refractivity (Wildman–Crippen MR) is 88.1 cm³/mol. The van der Waals surface area contributed by atoms with Crippen molar-refractivity contribution in [1.82, 2.24) is 9.97 Å². The molecule has 0 saturated heterocycles. The molecule has 126 valence electrons. The largest absolute Gasteiger partial charge is 0.465 e. The Morgan fingerprint density at radius 3 is 2.04 bits per heavy atom. The van der Waals surface area contributed by atoms with E-state index in [9.17, 15) is 9.59 Å². The molecule has 0 spiro atoms. The number of carbonyl (C=O) groups is 2. The monoisotopic (exact) mass is 348 g/mol. The van der Waals surface area contributed by atoms with Crippen molar-refractivity contribution >= 4 is 23.5 Å². The molecule has 0 unspecified atom stereocenters. The van der Waals surface area contributed by atoms with Crippen molar-refractivity contribution < 1.29 is 19.1 Å². The van der Waals surface area contributed by atoms with Crippen LogP contribution in [0.3, 0.4) is 0 Å². The van der Waals surface area contributed by atoms with Gasteiger partial charge in [0.2, 0.25) is 0 Å². The normalized spacial score (nSPS) is 12.6. The molecule has 0 radical (unpaired) electrons. The van der Waals surface area contributed by atoms with Crippen LogP contribution in [0.2, 0.25) is 5.15 Å². The third-order valence-corrected chi connectivity index (χ3v) is 3.55. The molecule has 1 fully saturated rings. The number of carbonyl (C=O) groups excluding carboxylic acids is 2. The average Bonchev–Trinajstić information content (AvgIpc) is 3.46. The molecule has 2 aromatic heterocycles. The summed E-state index contributed by atoms with van der Waals surface area (Å²) in [5.74, 6) is -0.122. The molecule has 1 aliphatic carbocycles. The van der Waals surface area contributed by atoms with E-state index < -0.39 is 5.97 Å². The van der Waals surface area contributed by atoms with Gasteiger partial charge >= 0.3 is 11.9 Å². The number of pyridine rings is 2. The highest BCUT2D eigenvalue weighted by atomic mass is 35.5. The Hall–Kier alpha value is -2.47. The van der Waals surface area contributed by atoms with Crippen LogP contribution in [0.5, 0.6) is 0 Å². The predicted octanol–water partition coefficient (Wildman–Crippen LogP) is 3.27. The van der Waals surface area contributed by atoms with E-state index in [0.717, 1.165) is 5.69 Å². The highest BCUT2D eigenvalue weighted by molar-refractivity contribution is 6.29. The smallest absolute Gasteiger partial charge is 0.338 e. The SMILES string of the molecule is COC(=O)c1ccnc(C2CC2)c1.COC(=O)c1ccnc(Cl)c1. The second kappa shape index (κ2) is 8.40. The van der Waals surface area contributed by atoms with E-state index in [1.165, 1.54) is 45.4 Å². The molecule has 7 heteroatoms. The van der Waals surface area contributed by atoms with E-state index in [1.54, 1.807) is 12.3 Å². The maximum absolute atomic E-state index is 11.2. The lowest BCUT2D eigenvalue weighted by Gasteiger charge is -2.00. The van der Waals surface area contributed by atoms with Crippen LogP contribution in [-0.4, -0.2) is 36.1 Å². The van der Waals surface area contributed by atoms with Crippen LogP contribution in [0.25, 0.3) is 0 Å². The summed E-state index contributed by atoms with van der Waals surface area (Å²) in [7, 11) is 2.70. The Morgan fingerprint density at radius 2 is 1.54 bits per heavy atom. The zero-order chi connectivity index (χ0) is 17.5. The molecule has 1 aliphatic rings. The van der Waals surface area contributed by atoms with Gasteiger partial charge in [-0.15, -0.1) is 0 Å². The number of hydrogen-bond donors (Lipinski definition) is 0. The van der Waals surface area contributed by atoms with Crippen molar-refractivity contribution in [3.05, 3.63) is 58.6 Å². The maximum Gasteiger partial charge on any atom is 0.338 e. The minimum atomic E-state index is -0.408. The van der Waals surface area contributed by atoms with E-state index in [4.69, 9.17) is 11.6 Å². The van der Waals surface area contributed by atoms with E-state index in [-0.39, 0.29) is 11.1 Å². The number of esters is 2. The van der Waals surface area contributed by atoms with E-state index in [0.29, 0.717) is 17.0 Å². The first-order chi connectivity index (χ1) is 11.5. The van der Waals surface area contributed by atoms with E-state index in [2.05, 4.69) is 19.4 Å². The lowest BCUT2D eigenvalue weighted by atomic mass is 10.2. The zero-order valence-corrected chi connectivity index (χ0v) is 14.1. The van der Waals surface area contributed by atoms with Crippen LogP contribution in [0, 0.1) is 0 Å². The quantitative estimate of drug-likeness (QED) is 0.625. The number of methoxy groups -OCH3 is 2. The third kappa shape index (κ3) is 5.03. The summed E-state index contributed by atoms with van der Waals surface area (Å²) in [4.78, 5) is 29.9. The van der Waals surface area contributed by atoms with Gasteiger partial charge in [-0.25, -0.2) is 14.6 Å². The molecule has 0 atom stereocenters. The molecule has 0 amide bonds. The topological polar surface area (TPSA) is 78.4 Å². The van der Waals surface area contributed by atoms with E-state index in [1.807, 2.05) is 6.07 Å². The molecule has 0 aromatic carbocycles. The molecule has 1 saturated carbocycles. The first kappa shape index (κ1) is 17.9. The number of aromatic nitrogens is 2. The standard InChI is InChI=1S/C10H11NO2.C7H6ClNO2/c1-13-10(12)8-4-5-11-9(6-8)7-2-3-7;1-11-7(10)5-2-3-9-6(8)4-5/h4-7H,2-3H2,1H3;2-4H,1H3. The lowest BCUT2D eigenvalue weighted by molar-refractivity contribution is 0.0591. The fraction of sp³-hybridized carbons (Fsp3) is 0.294. The van der Waals surface area contributed by atoms with Crippen molar-refractivity contribution in [2.24, 2.45) is 0 Å². The van der Waals surface area contributed by atoms with Gasteiger partial charge in [-0.05, 0) is 37.1 Å². The molecule has 0 aliphatic heterocycles. The number of hydrogen-bond acceptors (Lipinski definition) is 6. The number of rotatable bonds is 3.